The molecule has 0 radical (unpaired) electrons. The molecule has 14 atom stereocenters. The van der Waals surface area contributed by atoms with Gasteiger partial charge >= 0.3 is 52.4 Å². The molecule has 59 heteroatoms. The van der Waals surface area contributed by atoms with E-state index in [-0.39, 0.29) is 139 Å². The van der Waals surface area contributed by atoms with E-state index in [1.54, 1.807) is 18.3 Å². The molecule has 6 unspecified atom stereocenters. The Morgan fingerprint density at radius 1 is 0.559 bits per heavy atom. The smallest absolute Gasteiger partial charge is 0.411 e. The van der Waals surface area contributed by atoms with Crippen LogP contribution >= 0.6 is 62.0 Å². The van der Waals surface area contributed by atoms with Crippen LogP contribution in [0.5, 0.6) is 0 Å². The molecule has 0 spiro atoms. The Bertz CT molecular complexity index is 6300. The van der Waals surface area contributed by atoms with Gasteiger partial charge in [-0.05, 0) is 83.5 Å². The summed E-state index contributed by atoms with van der Waals surface area (Å²) in [5.41, 5.74) is 0.615. The maximum absolute atomic E-state index is 12.4. The largest absolute Gasteiger partial charge is 0.490 e. The van der Waals surface area contributed by atoms with Crippen molar-refractivity contribution in [3.63, 3.8) is 0 Å². The number of nitro benzene ring substituents is 3. The van der Waals surface area contributed by atoms with Crippen LogP contribution in [0, 0.1) is 57.6 Å². The molecule has 15 N–H and O–H groups in total. The second kappa shape index (κ2) is 48.8. The summed E-state index contributed by atoms with van der Waals surface area (Å²) in [5, 5.41) is 83.0. The molecule has 7 aromatic rings. The minimum Gasteiger partial charge on any atom is -0.411 e. The average Bonchev–Trinajstić information content (AvgIpc) is 1.60. The zero-order valence-electron chi connectivity index (χ0n) is 72.5. The Kier molecular flexibility index (Phi) is 40.1. The van der Waals surface area contributed by atoms with Gasteiger partial charge in [0.05, 0.1) is 145 Å². The number of nitrogens with two attached hydrogens (primary N) is 1. The normalized spacial score (nSPS) is 21.3. The molecule has 744 valence electrons. The number of nitrogens with zero attached hydrogens (tertiary/aromatic N) is 7. The molecule has 4 aliphatic rings. The van der Waals surface area contributed by atoms with Gasteiger partial charge in [0, 0.05) is 107 Å². The van der Waals surface area contributed by atoms with Crippen LogP contribution in [0.15, 0.2) is 118 Å². The van der Waals surface area contributed by atoms with Gasteiger partial charge in [-0.15, -0.1) is 0 Å². The van der Waals surface area contributed by atoms with E-state index < -0.39 is 192 Å². The van der Waals surface area contributed by atoms with Gasteiger partial charge in [-0.2, -0.15) is 21.8 Å². The Labute approximate surface area is 787 Å². The number of phosphoric acid groups is 3. The monoisotopic (exact) mass is 2180 g/mol. The predicted molar refractivity (Wildman–Crippen MR) is 477 cm³/mol. The van der Waals surface area contributed by atoms with E-state index in [9.17, 15) is 136 Å². The molecule has 3 aromatic carbocycles. The number of carbonyl (C=O) groups excluding carboxylic acids is 1. The maximum atomic E-state index is 12.4. The zero-order valence-corrected chi connectivity index (χ0v) is 79.9. The summed E-state index contributed by atoms with van der Waals surface area (Å²) < 4.78 is 133. The van der Waals surface area contributed by atoms with E-state index in [1.807, 2.05) is 27.6 Å². The van der Waals surface area contributed by atoms with Crippen molar-refractivity contribution < 1.29 is 142 Å². The molecule has 136 heavy (non-hydrogen) atoms. The fourth-order valence-electron chi connectivity index (χ4n) is 13.0. The minimum absolute atomic E-state index is 0.00243. The number of H-pyrrole nitrogens is 4. The average molecular weight is 2180 g/mol. The molecule has 0 bridgehead atoms. The summed E-state index contributed by atoms with van der Waals surface area (Å²) in [6.07, 6.45) is -10.0. The summed E-state index contributed by atoms with van der Waals surface area (Å²) in [5.74, 6) is 8.18. The molecule has 0 aliphatic carbocycles. The Hall–Kier alpha value is -9.56. The van der Waals surface area contributed by atoms with Crippen molar-refractivity contribution in [1.29, 1.82) is 0 Å². The van der Waals surface area contributed by atoms with E-state index in [0.29, 0.717) is 32.0 Å². The fourth-order valence-corrected chi connectivity index (χ4v) is 18.3. The van der Waals surface area contributed by atoms with E-state index in [1.165, 1.54) is 53.4 Å². The number of aromatic nitrogens is 8. The summed E-state index contributed by atoms with van der Waals surface area (Å²) in [6.45, 7) is 9.67. The number of hydrogen-bond donors (Lipinski definition) is 14. The van der Waals surface area contributed by atoms with E-state index in [4.69, 9.17) is 53.1 Å². The number of phosphoric ester groups is 1. The van der Waals surface area contributed by atoms with Crippen molar-refractivity contribution in [3.05, 3.63) is 247 Å². The highest BCUT2D eigenvalue weighted by Gasteiger charge is 2.47. The number of ketones is 1. The summed E-state index contributed by atoms with van der Waals surface area (Å²) in [6, 6.07) is 12.7. The van der Waals surface area contributed by atoms with E-state index >= 15 is 0 Å². The Balaban J connectivity index is 0.000000228. The number of hydrogen-bond acceptors (Lipinski definition) is 35. The van der Waals surface area contributed by atoms with Gasteiger partial charge in [-0.1, -0.05) is 67.3 Å². The van der Waals surface area contributed by atoms with E-state index in [2.05, 4.69) is 108 Å². The summed E-state index contributed by atoms with van der Waals surface area (Å²) >= 11 is 5.25. The van der Waals surface area contributed by atoms with Gasteiger partial charge in [-0.3, -0.25) is 97.0 Å². The highest BCUT2D eigenvalue weighted by atomic mass is 127. The molecule has 0 saturated carbocycles. The SMILES string of the molecule is CC[C@H]1O[C@@H](n2cc(CBr)c(=O)[nH]c2=O)CC1O[Si](C)(C)C(C)(C)C.NCC#Cc1ccc(COCc2cn([C@H]3CC(O)[C@@H](COP(=O)(O)OP(=O)(O)OP(=O)(O)O)O3)c(=O)[nH]c2=O)c([N+](=O)[O-])c1.O=C(CCC#Cc1ccc(COCc2cn([C@H]3CC(O)[C@@H](CO)O3)c(=O)[nH]c2=O)c([N+](=O)[O-])c1)C(F)(F)F.O=c1[nH]c(=O)n([C@H]2CC(O)[C@@H](CO)O2)cc1COCc1ccc(I)cc1[N+](=O)[O-]. The van der Waals surface area contributed by atoms with Crippen LogP contribution in [0.3, 0.4) is 0 Å². The van der Waals surface area contributed by atoms with Crippen LogP contribution in [0.2, 0.25) is 18.1 Å². The van der Waals surface area contributed by atoms with Crippen molar-refractivity contribution in [2.75, 3.05) is 26.4 Å². The van der Waals surface area contributed by atoms with Gasteiger partial charge in [-0.25, -0.2) is 32.9 Å². The number of carbonyl (C=O) groups is 1. The minimum atomic E-state index is -5.77. The van der Waals surface area contributed by atoms with Crippen molar-refractivity contribution in [3.8, 4) is 23.7 Å². The number of benzene rings is 3. The van der Waals surface area contributed by atoms with Crippen molar-refractivity contribution in [1.82, 2.24) is 38.2 Å². The molecule has 4 saturated heterocycles. The third-order valence-corrected chi connectivity index (χ3v) is 30.5. The molecule has 11 rings (SSSR count). The molecule has 8 heterocycles. The van der Waals surface area contributed by atoms with Crippen LogP contribution in [0.4, 0.5) is 30.2 Å². The molecular weight excluding hydrogens is 2090 g/mol. The van der Waals surface area contributed by atoms with Crippen LogP contribution in [0.25, 0.3) is 0 Å². The first-order valence-corrected chi connectivity index (χ1v) is 50.0. The first-order chi connectivity index (χ1) is 63.6. The predicted octanol–water partition coefficient (Wildman–Crippen LogP) is 4.46. The first-order valence-electron chi connectivity index (χ1n) is 40.4. The maximum Gasteiger partial charge on any atom is 0.490 e. The molecular formula is C77H94BrF3IN12O38P3Si. The van der Waals surface area contributed by atoms with Crippen LogP contribution in [-0.2, 0) is 114 Å². The number of alkyl halides is 4. The lowest BCUT2D eigenvalue weighted by atomic mass is 10.1. The van der Waals surface area contributed by atoms with Gasteiger partial charge in [0.25, 0.3) is 39.3 Å². The molecule has 50 nitrogen and oxygen atoms in total. The van der Waals surface area contributed by atoms with Crippen molar-refractivity contribution in [2.45, 2.75) is 216 Å². The Morgan fingerprint density at radius 3 is 1.29 bits per heavy atom. The van der Waals surface area contributed by atoms with Gasteiger partial charge in [0.1, 0.15) is 43.2 Å². The summed E-state index contributed by atoms with van der Waals surface area (Å²) in [7, 11) is -18.8. The molecule has 4 aromatic heterocycles. The van der Waals surface area contributed by atoms with Crippen molar-refractivity contribution in [2.24, 2.45) is 5.73 Å². The topological polar surface area (TPSA) is 727 Å². The lowest BCUT2D eigenvalue weighted by Gasteiger charge is -2.39. The lowest BCUT2D eigenvalue weighted by molar-refractivity contribution is -0.386. The number of aromatic amines is 4. The number of Topliss-reactive ketones (excluding diaryl/α,β-unsaturated/α-hetero) is 1. The highest BCUT2D eigenvalue weighted by Crippen LogP contribution is 2.66. The number of ether oxygens (including phenoxy) is 7. The van der Waals surface area contributed by atoms with E-state index in [0.717, 1.165) is 32.4 Å². The number of aliphatic hydroxyl groups is 5. The lowest BCUT2D eigenvalue weighted by Crippen LogP contribution is -2.45. The Morgan fingerprint density at radius 2 is 0.919 bits per heavy atom. The molecule has 0 amide bonds. The summed E-state index contributed by atoms with van der Waals surface area (Å²) in [4.78, 5) is 185. The third-order valence-electron chi connectivity index (χ3n) is 20.9. The number of aliphatic hydroxyl groups excluding tert-OH is 5. The third kappa shape index (κ3) is 31.7. The second-order valence-corrected chi connectivity index (χ2v) is 42.6. The van der Waals surface area contributed by atoms with Gasteiger partial charge in [0.2, 0.25) is 5.78 Å². The zero-order chi connectivity index (χ0) is 101. The molecule has 4 aliphatic heterocycles. The molecule has 4 fully saturated rings. The standard InChI is InChI=1S/C23H22F3N3O9.C20H25N4O17P3.C17H29BrN2O4Si.C17H18IN3O8/c24-23(25,26)19(32)4-2-1-3-13-5-6-14(16(7-13)29(35)36)11-37-12-15-9-28(22(34)27-21(15)33)20-8-17(31)18(10-30)38-20;21-5-1-2-12-3-4-13(15(6-12)24(28)29)9-37-10-14-8-23(20(27)22-19(14)26)18-7-16(25)17(39-18)11-38-43(33,34)41-44(35,36)40-42(30,31)32;1-7-12-13(24-25(5,6)17(2,3)4)8-14(23-12)20-10-11(9-18)15(21)19-16(20)22;18-11-2-1-9(12(3-11)21(26)27)7-28-8-10-5-20(17(25)19-16(10)24)15-4-13(23)14(6-22)29-15/h5-7,9,17-18,20,30-31H,2,4,8,10-12H2,(H,27,33,34);3-4,6,8,16-18,25H,5,7,9-11,21H2,(H,33,34)(H,35,36)(H,22,26,27)(H2,30,31,32);10,12-14H,7-9H2,1-6H3,(H,19,21,22);1-3,5,13-15,22-23H,4,6-8H2,(H,19,24,25)/t17?,18-,20-;16?,17-,18-;12-,13?,14-;13?,14-,15-/m1111/s1. The van der Waals surface area contributed by atoms with Crippen LogP contribution in [-0.4, -0.2) is 194 Å². The van der Waals surface area contributed by atoms with Crippen LogP contribution in [0.1, 0.15) is 148 Å². The van der Waals surface area contributed by atoms with Gasteiger partial charge in [0.15, 0.2) is 8.32 Å². The van der Waals surface area contributed by atoms with Gasteiger partial charge < -0.3 is 88.4 Å². The number of nitro groups is 3. The first kappa shape index (κ1) is 112. The second-order valence-electron chi connectivity index (χ2n) is 31.6. The number of rotatable bonds is 34. The number of nitrogens with one attached hydrogen (secondary N) is 4. The quantitative estimate of drug-likeness (QED) is 0.00503. The number of halogens is 5. The highest BCUT2D eigenvalue weighted by molar-refractivity contribution is 14.1. The van der Waals surface area contributed by atoms with Crippen LogP contribution < -0.4 is 50.7 Å². The fraction of sp³-hybridized carbons (Fsp3) is 0.494. The van der Waals surface area contributed by atoms with Crippen molar-refractivity contribution >= 4 is 93.2 Å².